The Morgan fingerprint density at radius 3 is 2.88 bits per heavy atom. The van der Waals surface area contributed by atoms with Gasteiger partial charge in [-0.2, -0.15) is 0 Å². The van der Waals surface area contributed by atoms with Gasteiger partial charge in [0.15, 0.2) is 0 Å². The molecule has 0 aromatic rings. The van der Waals surface area contributed by atoms with Crippen molar-refractivity contribution in [1.29, 1.82) is 0 Å². The van der Waals surface area contributed by atoms with Crippen molar-refractivity contribution < 1.29 is 14.3 Å². The Labute approximate surface area is 103 Å². The molecule has 2 unspecified atom stereocenters. The van der Waals surface area contributed by atoms with Gasteiger partial charge < -0.3 is 14.8 Å². The van der Waals surface area contributed by atoms with Crippen LogP contribution in [0.4, 0.5) is 0 Å². The molecule has 1 saturated heterocycles. The van der Waals surface area contributed by atoms with E-state index in [-0.39, 0.29) is 12.1 Å². The normalized spacial score (nSPS) is 33.4. The van der Waals surface area contributed by atoms with E-state index in [1.807, 2.05) is 0 Å². The summed E-state index contributed by atoms with van der Waals surface area (Å²) in [5.74, 6) is 0.638. The summed E-state index contributed by atoms with van der Waals surface area (Å²) in [6.07, 6.45) is 5.17. The minimum atomic E-state index is -0.504. The number of hydrogen-bond donors (Lipinski definition) is 1. The first-order chi connectivity index (χ1) is 8.20. The molecule has 2 aliphatic rings. The summed E-state index contributed by atoms with van der Waals surface area (Å²) in [7, 11) is 1.47. The third-order valence-electron chi connectivity index (χ3n) is 3.92. The van der Waals surface area contributed by atoms with Crippen LogP contribution in [0.5, 0.6) is 0 Å². The van der Waals surface area contributed by atoms with Crippen molar-refractivity contribution >= 4 is 5.97 Å². The highest BCUT2D eigenvalue weighted by atomic mass is 16.5. The van der Waals surface area contributed by atoms with Gasteiger partial charge in [0.05, 0.1) is 13.2 Å². The van der Waals surface area contributed by atoms with Gasteiger partial charge in [-0.05, 0) is 38.1 Å². The largest absolute Gasteiger partial charge is 0.468 e. The number of carbonyl (C=O) groups excluding carboxylic acids is 1. The Morgan fingerprint density at radius 2 is 2.29 bits per heavy atom. The van der Waals surface area contributed by atoms with Crippen LogP contribution in [0.3, 0.4) is 0 Å². The van der Waals surface area contributed by atoms with Crippen molar-refractivity contribution in [1.82, 2.24) is 5.32 Å². The lowest BCUT2D eigenvalue weighted by Gasteiger charge is -2.39. The fourth-order valence-corrected chi connectivity index (χ4v) is 2.49. The summed E-state index contributed by atoms with van der Waals surface area (Å²) in [6, 6.07) is 0. The first-order valence-electron chi connectivity index (χ1n) is 6.65. The molecule has 4 heteroatoms. The van der Waals surface area contributed by atoms with E-state index in [1.165, 1.54) is 20.0 Å². The highest BCUT2D eigenvalue weighted by Gasteiger charge is 2.44. The number of methoxy groups -OCH3 is 1. The topological polar surface area (TPSA) is 47.6 Å². The van der Waals surface area contributed by atoms with Crippen LogP contribution < -0.4 is 5.32 Å². The Balaban J connectivity index is 2.01. The first kappa shape index (κ1) is 12.8. The monoisotopic (exact) mass is 241 g/mol. The maximum Gasteiger partial charge on any atom is 0.326 e. The molecule has 17 heavy (non-hydrogen) atoms. The predicted molar refractivity (Wildman–Crippen MR) is 64.7 cm³/mol. The van der Waals surface area contributed by atoms with Gasteiger partial charge in [0.1, 0.15) is 5.54 Å². The van der Waals surface area contributed by atoms with Gasteiger partial charge >= 0.3 is 5.97 Å². The number of hydrogen-bond acceptors (Lipinski definition) is 4. The average molecular weight is 241 g/mol. The van der Waals surface area contributed by atoms with Gasteiger partial charge in [-0.15, -0.1) is 0 Å². The molecular weight excluding hydrogens is 218 g/mol. The summed E-state index contributed by atoms with van der Waals surface area (Å²) in [6.45, 7) is 3.68. The molecule has 0 amide bonds. The molecule has 0 aromatic carbocycles. The Kier molecular flexibility index (Phi) is 4.05. The fraction of sp³-hybridized carbons (Fsp3) is 0.923. The molecule has 0 bridgehead atoms. The SMILES string of the molecule is CCC1CC(NCC2CC2)(C(=O)OC)CCO1. The Hall–Kier alpha value is -0.610. The molecule has 2 atom stereocenters. The van der Waals surface area contributed by atoms with Crippen molar-refractivity contribution in [3.63, 3.8) is 0 Å². The quantitative estimate of drug-likeness (QED) is 0.741. The van der Waals surface area contributed by atoms with Crippen LogP contribution >= 0.6 is 0 Å². The Bertz CT molecular complexity index is 278. The van der Waals surface area contributed by atoms with E-state index in [4.69, 9.17) is 9.47 Å². The molecule has 1 N–H and O–H groups in total. The number of carbonyl (C=O) groups is 1. The molecule has 4 nitrogen and oxygen atoms in total. The van der Waals surface area contributed by atoms with E-state index in [9.17, 15) is 4.79 Å². The third-order valence-corrected chi connectivity index (χ3v) is 3.92. The van der Waals surface area contributed by atoms with Gasteiger partial charge in [-0.25, -0.2) is 0 Å². The summed E-state index contributed by atoms with van der Waals surface area (Å²) in [5, 5.41) is 3.46. The van der Waals surface area contributed by atoms with E-state index in [2.05, 4.69) is 12.2 Å². The molecule has 1 aliphatic heterocycles. The smallest absolute Gasteiger partial charge is 0.326 e. The van der Waals surface area contributed by atoms with E-state index in [0.717, 1.165) is 31.7 Å². The molecule has 0 radical (unpaired) electrons. The number of ether oxygens (including phenoxy) is 2. The number of rotatable bonds is 5. The van der Waals surface area contributed by atoms with E-state index >= 15 is 0 Å². The summed E-state index contributed by atoms with van der Waals surface area (Å²) in [4.78, 5) is 12.0. The van der Waals surface area contributed by atoms with Crippen LogP contribution in [0.25, 0.3) is 0 Å². The van der Waals surface area contributed by atoms with E-state index in [0.29, 0.717) is 6.61 Å². The van der Waals surface area contributed by atoms with E-state index < -0.39 is 5.54 Å². The second-order valence-electron chi connectivity index (χ2n) is 5.25. The van der Waals surface area contributed by atoms with Gasteiger partial charge in [-0.3, -0.25) is 4.79 Å². The molecule has 1 aliphatic carbocycles. The Morgan fingerprint density at radius 1 is 1.53 bits per heavy atom. The zero-order valence-corrected chi connectivity index (χ0v) is 10.8. The van der Waals surface area contributed by atoms with Gasteiger partial charge in [0.25, 0.3) is 0 Å². The van der Waals surface area contributed by atoms with Gasteiger partial charge in [-0.1, -0.05) is 6.92 Å². The van der Waals surface area contributed by atoms with E-state index in [1.54, 1.807) is 0 Å². The third kappa shape index (κ3) is 2.99. The second kappa shape index (κ2) is 5.36. The molecule has 1 saturated carbocycles. The first-order valence-corrected chi connectivity index (χ1v) is 6.65. The van der Waals surface area contributed by atoms with Crippen molar-refractivity contribution in [2.24, 2.45) is 5.92 Å². The van der Waals surface area contributed by atoms with Crippen molar-refractivity contribution in [2.75, 3.05) is 20.3 Å². The second-order valence-corrected chi connectivity index (χ2v) is 5.25. The lowest BCUT2D eigenvalue weighted by Crippen LogP contribution is -2.58. The van der Waals surface area contributed by atoms with Crippen molar-refractivity contribution in [2.45, 2.75) is 50.7 Å². The van der Waals surface area contributed by atoms with Crippen LogP contribution in [0.2, 0.25) is 0 Å². The summed E-state index contributed by atoms with van der Waals surface area (Å²) in [5.41, 5.74) is -0.504. The molecule has 2 fully saturated rings. The zero-order chi connectivity index (χ0) is 12.3. The van der Waals surface area contributed by atoms with Crippen molar-refractivity contribution in [3.8, 4) is 0 Å². The summed E-state index contributed by atoms with van der Waals surface area (Å²) < 4.78 is 10.6. The highest BCUT2D eigenvalue weighted by molar-refractivity contribution is 5.81. The van der Waals surface area contributed by atoms with Crippen LogP contribution in [0, 0.1) is 5.92 Å². The lowest BCUT2D eigenvalue weighted by molar-refractivity contribution is -0.156. The van der Waals surface area contributed by atoms with Gasteiger partial charge in [0.2, 0.25) is 0 Å². The highest BCUT2D eigenvalue weighted by Crippen LogP contribution is 2.32. The van der Waals surface area contributed by atoms with Crippen LogP contribution in [0.1, 0.15) is 39.0 Å². The van der Waals surface area contributed by atoms with Crippen LogP contribution in [-0.2, 0) is 14.3 Å². The van der Waals surface area contributed by atoms with Crippen LogP contribution in [-0.4, -0.2) is 37.9 Å². The minimum absolute atomic E-state index is 0.125. The number of nitrogens with one attached hydrogen (secondary N) is 1. The number of esters is 1. The molecular formula is C13H23NO3. The molecule has 98 valence electrons. The fourth-order valence-electron chi connectivity index (χ4n) is 2.49. The molecule has 0 spiro atoms. The van der Waals surface area contributed by atoms with Crippen molar-refractivity contribution in [3.05, 3.63) is 0 Å². The van der Waals surface area contributed by atoms with Gasteiger partial charge in [0, 0.05) is 13.0 Å². The summed E-state index contributed by atoms with van der Waals surface area (Å²) >= 11 is 0. The maximum atomic E-state index is 12.0. The standard InChI is InChI=1S/C13H23NO3/c1-3-11-8-13(6-7-17-11,12(15)16-2)14-9-10-4-5-10/h10-11,14H,3-9H2,1-2H3. The molecule has 1 heterocycles. The lowest BCUT2D eigenvalue weighted by atomic mass is 9.85. The molecule has 0 aromatic heterocycles. The zero-order valence-electron chi connectivity index (χ0n) is 10.8. The molecule has 2 rings (SSSR count). The average Bonchev–Trinajstić information content (AvgIpc) is 3.19. The minimum Gasteiger partial charge on any atom is -0.468 e. The predicted octanol–water partition coefficient (Wildman–Crippen LogP) is 1.49. The van der Waals surface area contributed by atoms with Crippen LogP contribution in [0.15, 0.2) is 0 Å². The maximum absolute atomic E-state index is 12.0.